The lowest BCUT2D eigenvalue weighted by Crippen LogP contribution is -2.51. The van der Waals surface area contributed by atoms with E-state index in [9.17, 15) is 9.59 Å². The third-order valence-electron chi connectivity index (χ3n) is 6.33. The van der Waals surface area contributed by atoms with Gasteiger partial charge in [-0.15, -0.1) is 0 Å². The second-order valence-corrected chi connectivity index (χ2v) is 8.27. The van der Waals surface area contributed by atoms with Gasteiger partial charge < -0.3 is 14.7 Å². The summed E-state index contributed by atoms with van der Waals surface area (Å²) in [6.07, 6.45) is 0.309. The van der Waals surface area contributed by atoms with Crippen molar-refractivity contribution in [2.24, 2.45) is 5.92 Å². The van der Waals surface area contributed by atoms with Gasteiger partial charge in [0.2, 0.25) is 11.8 Å². The second kappa shape index (κ2) is 7.90. The molecule has 2 saturated heterocycles. The summed E-state index contributed by atoms with van der Waals surface area (Å²) in [5, 5.41) is 0. The van der Waals surface area contributed by atoms with E-state index in [4.69, 9.17) is 0 Å². The minimum absolute atomic E-state index is 0.0428. The van der Waals surface area contributed by atoms with Crippen LogP contribution in [0, 0.1) is 26.7 Å². The Labute approximate surface area is 172 Å². The molecule has 2 heterocycles. The Morgan fingerprint density at radius 3 is 2.31 bits per heavy atom. The lowest BCUT2D eigenvalue weighted by molar-refractivity contribution is -0.136. The van der Waals surface area contributed by atoms with Crippen molar-refractivity contribution in [3.05, 3.63) is 59.2 Å². The van der Waals surface area contributed by atoms with E-state index < -0.39 is 0 Å². The fourth-order valence-electron chi connectivity index (χ4n) is 4.35. The average molecular weight is 392 g/mol. The Morgan fingerprint density at radius 2 is 1.62 bits per heavy atom. The van der Waals surface area contributed by atoms with Crippen molar-refractivity contribution >= 4 is 23.2 Å². The maximum atomic E-state index is 13.1. The van der Waals surface area contributed by atoms with E-state index >= 15 is 0 Å². The molecule has 29 heavy (non-hydrogen) atoms. The van der Waals surface area contributed by atoms with Crippen LogP contribution in [0.3, 0.4) is 0 Å². The molecule has 2 aromatic carbocycles. The quantitative estimate of drug-likeness (QED) is 0.806. The molecule has 2 aliphatic heterocycles. The van der Waals surface area contributed by atoms with Crippen molar-refractivity contribution in [1.29, 1.82) is 0 Å². The summed E-state index contributed by atoms with van der Waals surface area (Å²) in [6, 6.07) is 14.3. The molecule has 0 spiro atoms. The van der Waals surface area contributed by atoms with E-state index in [1.165, 1.54) is 16.8 Å². The summed E-state index contributed by atoms with van der Waals surface area (Å²) >= 11 is 0. The van der Waals surface area contributed by atoms with Crippen LogP contribution < -0.4 is 9.80 Å². The zero-order chi connectivity index (χ0) is 20.5. The zero-order valence-corrected chi connectivity index (χ0v) is 17.5. The van der Waals surface area contributed by atoms with Gasteiger partial charge in [-0.25, -0.2) is 0 Å². The average Bonchev–Trinajstić information content (AvgIpc) is 3.12. The normalized spacial score (nSPS) is 19.8. The fourth-order valence-corrected chi connectivity index (χ4v) is 4.35. The summed E-state index contributed by atoms with van der Waals surface area (Å²) in [4.78, 5) is 31.6. The van der Waals surface area contributed by atoms with Crippen molar-refractivity contribution in [3.8, 4) is 0 Å². The van der Waals surface area contributed by atoms with Crippen molar-refractivity contribution in [2.45, 2.75) is 27.2 Å². The summed E-state index contributed by atoms with van der Waals surface area (Å²) in [7, 11) is 0. The van der Waals surface area contributed by atoms with Crippen molar-refractivity contribution < 1.29 is 9.59 Å². The minimum Gasteiger partial charge on any atom is -0.368 e. The van der Waals surface area contributed by atoms with Gasteiger partial charge in [0.25, 0.3) is 0 Å². The van der Waals surface area contributed by atoms with Crippen LogP contribution in [0.2, 0.25) is 0 Å². The number of hydrogen-bond donors (Lipinski definition) is 0. The van der Waals surface area contributed by atoms with E-state index in [1.54, 1.807) is 4.90 Å². The monoisotopic (exact) mass is 391 g/mol. The van der Waals surface area contributed by atoms with Gasteiger partial charge in [-0.2, -0.15) is 0 Å². The smallest absolute Gasteiger partial charge is 0.228 e. The van der Waals surface area contributed by atoms with Crippen LogP contribution in [-0.2, 0) is 9.59 Å². The molecule has 4 rings (SSSR count). The van der Waals surface area contributed by atoms with E-state index in [1.807, 2.05) is 36.1 Å². The molecule has 1 atom stereocenters. The van der Waals surface area contributed by atoms with E-state index in [0.29, 0.717) is 26.1 Å². The Balaban J connectivity index is 1.38. The van der Waals surface area contributed by atoms with E-state index in [-0.39, 0.29) is 17.7 Å². The van der Waals surface area contributed by atoms with Gasteiger partial charge in [-0.05, 0) is 50.1 Å². The van der Waals surface area contributed by atoms with Crippen LogP contribution in [0.5, 0.6) is 0 Å². The third kappa shape index (κ3) is 3.86. The number of carbonyl (C=O) groups excluding carboxylic acids is 2. The number of carbonyl (C=O) groups is 2. The lowest BCUT2D eigenvalue weighted by Gasteiger charge is -2.38. The highest BCUT2D eigenvalue weighted by molar-refractivity contribution is 6.00. The molecule has 0 N–H and O–H groups in total. The zero-order valence-electron chi connectivity index (χ0n) is 17.5. The minimum atomic E-state index is -0.240. The number of anilines is 2. The molecule has 0 bridgehead atoms. The SMILES string of the molecule is Cc1ccc(N2C[C@H](C(=O)N3CCN(c4cccc(C)c4C)CC3)CC2=O)cc1. The molecule has 5 heteroatoms. The van der Waals surface area contributed by atoms with Gasteiger partial charge in [0.1, 0.15) is 0 Å². The number of rotatable bonds is 3. The third-order valence-corrected chi connectivity index (χ3v) is 6.33. The van der Waals surface area contributed by atoms with Crippen LogP contribution >= 0.6 is 0 Å². The Bertz CT molecular complexity index is 914. The molecular weight excluding hydrogens is 362 g/mol. The Morgan fingerprint density at radius 1 is 0.931 bits per heavy atom. The number of amides is 2. The maximum absolute atomic E-state index is 13.1. The van der Waals surface area contributed by atoms with E-state index in [0.717, 1.165) is 24.3 Å². The predicted octanol–water partition coefficient (Wildman–Crippen LogP) is 3.31. The summed E-state index contributed by atoms with van der Waals surface area (Å²) in [5.74, 6) is -0.0779. The first-order valence-electron chi connectivity index (χ1n) is 10.4. The highest BCUT2D eigenvalue weighted by Crippen LogP contribution is 2.28. The van der Waals surface area contributed by atoms with Crippen molar-refractivity contribution in [1.82, 2.24) is 4.90 Å². The molecule has 0 unspecified atom stereocenters. The summed E-state index contributed by atoms with van der Waals surface area (Å²) in [6.45, 7) is 9.89. The number of benzene rings is 2. The molecule has 2 fully saturated rings. The molecule has 5 nitrogen and oxygen atoms in total. The van der Waals surface area contributed by atoms with Crippen molar-refractivity contribution in [3.63, 3.8) is 0 Å². The molecule has 0 aromatic heterocycles. The molecule has 2 aromatic rings. The molecule has 0 saturated carbocycles. The first kappa shape index (κ1) is 19.5. The first-order valence-corrected chi connectivity index (χ1v) is 10.4. The fraction of sp³-hybridized carbons (Fsp3) is 0.417. The molecule has 0 radical (unpaired) electrons. The topological polar surface area (TPSA) is 43.9 Å². The van der Waals surface area contributed by atoms with Crippen LogP contribution in [0.4, 0.5) is 11.4 Å². The molecule has 0 aliphatic carbocycles. The van der Waals surface area contributed by atoms with Gasteiger partial charge in [0.05, 0.1) is 5.92 Å². The lowest BCUT2D eigenvalue weighted by atomic mass is 10.1. The Kier molecular flexibility index (Phi) is 5.31. The number of nitrogens with zero attached hydrogens (tertiary/aromatic N) is 3. The van der Waals surface area contributed by atoms with Gasteiger partial charge in [-0.1, -0.05) is 29.8 Å². The van der Waals surface area contributed by atoms with Gasteiger partial charge in [-0.3, -0.25) is 9.59 Å². The molecule has 2 aliphatic rings. The summed E-state index contributed by atoms with van der Waals surface area (Å²) in [5.41, 5.74) is 5.91. The highest BCUT2D eigenvalue weighted by Gasteiger charge is 2.38. The van der Waals surface area contributed by atoms with E-state index in [2.05, 4.69) is 36.9 Å². The van der Waals surface area contributed by atoms with Crippen LogP contribution in [0.1, 0.15) is 23.1 Å². The number of aryl methyl sites for hydroxylation is 2. The van der Waals surface area contributed by atoms with Crippen LogP contribution in [-0.4, -0.2) is 49.4 Å². The van der Waals surface area contributed by atoms with Crippen LogP contribution in [0.15, 0.2) is 42.5 Å². The largest absolute Gasteiger partial charge is 0.368 e. The van der Waals surface area contributed by atoms with Crippen molar-refractivity contribution in [2.75, 3.05) is 42.5 Å². The summed E-state index contributed by atoms with van der Waals surface area (Å²) < 4.78 is 0. The highest BCUT2D eigenvalue weighted by atomic mass is 16.2. The first-order chi connectivity index (χ1) is 13.9. The van der Waals surface area contributed by atoms with Gasteiger partial charge >= 0.3 is 0 Å². The Hall–Kier alpha value is -2.82. The maximum Gasteiger partial charge on any atom is 0.228 e. The number of piperazine rings is 1. The second-order valence-electron chi connectivity index (χ2n) is 8.27. The number of hydrogen-bond acceptors (Lipinski definition) is 3. The standard InChI is InChI=1S/C24H29N3O2/c1-17-7-9-21(10-8-17)27-16-20(15-23(27)28)24(29)26-13-11-25(12-14-26)22-6-4-5-18(2)19(22)3/h4-10,20H,11-16H2,1-3H3/t20-/m1/s1. The van der Waals surface area contributed by atoms with Crippen LogP contribution in [0.25, 0.3) is 0 Å². The van der Waals surface area contributed by atoms with Gasteiger partial charge in [0.15, 0.2) is 0 Å². The molecular formula is C24H29N3O2. The molecule has 2 amide bonds. The molecule has 152 valence electrons. The predicted molar refractivity (Wildman–Crippen MR) is 116 cm³/mol. The van der Waals surface area contributed by atoms with Gasteiger partial charge in [0, 0.05) is 50.5 Å².